The second-order valence-electron chi connectivity index (χ2n) is 8.12. The number of fused-ring (bicyclic) bond motifs is 1. The van der Waals surface area contributed by atoms with Crippen molar-refractivity contribution in [2.75, 3.05) is 12.4 Å². The minimum Gasteiger partial charge on any atom is -0.356 e. The van der Waals surface area contributed by atoms with Crippen LogP contribution in [0.4, 0.5) is 5.69 Å². The molecule has 0 spiro atoms. The molecule has 0 saturated carbocycles. The van der Waals surface area contributed by atoms with Gasteiger partial charge in [-0.2, -0.15) is 5.06 Å². The Kier molecular flexibility index (Phi) is 6.17. The molecule has 1 aliphatic heterocycles. The van der Waals surface area contributed by atoms with E-state index in [2.05, 4.69) is 45.5 Å². The van der Waals surface area contributed by atoms with Gasteiger partial charge in [0.25, 0.3) is 5.91 Å². The summed E-state index contributed by atoms with van der Waals surface area (Å²) in [6.45, 7) is 0. The fourth-order valence-electron chi connectivity index (χ4n) is 4.81. The second kappa shape index (κ2) is 9.26. The SMILES string of the molecule is CON1C(=O)c2cc(Cl)ccc2C1(Nc1ccc(Br)cc1)C(c1ccccc1)c1ccccc1. The zero-order valence-electron chi connectivity index (χ0n) is 18.4. The number of carbonyl (C=O) groups is 1. The van der Waals surface area contributed by atoms with Crippen LogP contribution in [0.15, 0.2) is 108 Å². The summed E-state index contributed by atoms with van der Waals surface area (Å²) in [5.41, 5.74) is 3.15. The Labute approximate surface area is 212 Å². The van der Waals surface area contributed by atoms with Gasteiger partial charge < -0.3 is 5.32 Å². The van der Waals surface area contributed by atoms with Gasteiger partial charge in [0.1, 0.15) is 0 Å². The number of benzene rings is 4. The van der Waals surface area contributed by atoms with E-state index >= 15 is 0 Å². The maximum absolute atomic E-state index is 13.7. The molecule has 1 aliphatic rings. The van der Waals surface area contributed by atoms with E-state index in [0.717, 1.165) is 26.9 Å². The van der Waals surface area contributed by atoms with E-state index in [0.29, 0.717) is 10.6 Å². The highest BCUT2D eigenvalue weighted by Gasteiger charge is 2.56. The van der Waals surface area contributed by atoms with Crippen molar-refractivity contribution in [1.29, 1.82) is 0 Å². The van der Waals surface area contributed by atoms with E-state index in [-0.39, 0.29) is 11.8 Å². The molecule has 0 fully saturated rings. The minimum absolute atomic E-state index is 0.249. The molecule has 170 valence electrons. The first-order chi connectivity index (χ1) is 16.5. The highest BCUT2D eigenvalue weighted by atomic mass is 79.9. The second-order valence-corrected chi connectivity index (χ2v) is 9.48. The fourth-order valence-corrected chi connectivity index (χ4v) is 5.25. The van der Waals surface area contributed by atoms with Crippen LogP contribution in [0.2, 0.25) is 5.02 Å². The third-order valence-corrected chi connectivity index (χ3v) is 6.94. The molecular formula is C28H22BrClN2O2. The van der Waals surface area contributed by atoms with Crippen molar-refractivity contribution in [1.82, 2.24) is 5.06 Å². The lowest BCUT2D eigenvalue weighted by atomic mass is 9.76. The van der Waals surface area contributed by atoms with Crippen LogP contribution in [0, 0.1) is 0 Å². The van der Waals surface area contributed by atoms with Gasteiger partial charge in [0.05, 0.1) is 18.6 Å². The quantitative estimate of drug-likeness (QED) is 0.285. The fraction of sp³-hybridized carbons (Fsp3) is 0.107. The van der Waals surface area contributed by atoms with Crippen molar-refractivity contribution in [3.63, 3.8) is 0 Å². The van der Waals surface area contributed by atoms with Crippen LogP contribution < -0.4 is 5.32 Å². The molecular weight excluding hydrogens is 512 g/mol. The number of amides is 1. The van der Waals surface area contributed by atoms with E-state index in [1.807, 2.05) is 72.8 Å². The van der Waals surface area contributed by atoms with Crippen LogP contribution in [0.5, 0.6) is 0 Å². The van der Waals surface area contributed by atoms with Crippen LogP contribution in [0.25, 0.3) is 0 Å². The molecule has 0 aliphatic carbocycles. The standard InChI is InChI=1S/C28H22BrClN2O2/c1-34-32-27(33)24-18-22(30)14-17-25(24)28(32,31-23-15-12-21(29)13-16-23)26(19-8-4-2-5-9-19)20-10-6-3-7-11-20/h2-18,26,31H,1H3. The molecule has 1 amide bonds. The zero-order valence-corrected chi connectivity index (χ0v) is 20.8. The lowest BCUT2D eigenvalue weighted by Crippen LogP contribution is -2.53. The van der Waals surface area contributed by atoms with E-state index in [4.69, 9.17) is 16.4 Å². The first-order valence-corrected chi connectivity index (χ1v) is 12.0. The van der Waals surface area contributed by atoms with Gasteiger partial charge in [0.2, 0.25) is 0 Å². The van der Waals surface area contributed by atoms with Gasteiger partial charge in [-0.15, -0.1) is 0 Å². The number of halogens is 2. The molecule has 0 aromatic heterocycles. The van der Waals surface area contributed by atoms with Crippen molar-refractivity contribution < 1.29 is 9.63 Å². The van der Waals surface area contributed by atoms with E-state index in [1.165, 1.54) is 12.2 Å². The van der Waals surface area contributed by atoms with Crippen molar-refractivity contribution in [2.24, 2.45) is 0 Å². The molecule has 6 heteroatoms. The van der Waals surface area contributed by atoms with Gasteiger partial charge in [-0.05, 0) is 47.5 Å². The Morgan fingerprint density at radius 2 is 1.47 bits per heavy atom. The number of hydroxylamine groups is 2. The van der Waals surface area contributed by atoms with Crippen LogP contribution >= 0.6 is 27.5 Å². The summed E-state index contributed by atoms with van der Waals surface area (Å²) in [7, 11) is 1.52. The molecule has 4 aromatic rings. The first kappa shape index (κ1) is 22.7. The maximum Gasteiger partial charge on any atom is 0.280 e. The zero-order chi connectivity index (χ0) is 23.7. The number of carbonyl (C=O) groups excluding carboxylic acids is 1. The number of hydrogen-bond donors (Lipinski definition) is 1. The molecule has 0 radical (unpaired) electrons. The Hall–Kier alpha value is -3.12. The maximum atomic E-state index is 13.7. The number of nitrogens with zero attached hydrogens (tertiary/aromatic N) is 1. The molecule has 4 nitrogen and oxygen atoms in total. The van der Waals surface area contributed by atoms with Gasteiger partial charge in [-0.3, -0.25) is 9.63 Å². The number of nitrogens with one attached hydrogen (secondary N) is 1. The van der Waals surface area contributed by atoms with Crippen molar-refractivity contribution in [3.05, 3.63) is 135 Å². The normalized spacial score (nSPS) is 17.2. The minimum atomic E-state index is -1.08. The van der Waals surface area contributed by atoms with Gasteiger partial charge in [0.15, 0.2) is 5.66 Å². The Morgan fingerprint density at radius 1 is 0.882 bits per heavy atom. The summed E-state index contributed by atoms with van der Waals surface area (Å²) in [5, 5.41) is 5.65. The van der Waals surface area contributed by atoms with Gasteiger partial charge in [-0.25, -0.2) is 0 Å². The summed E-state index contributed by atoms with van der Waals surface area (Å²) in [6.07, 6.45) is 0. The molecule has 1 N–H and O–H groups in total. The lowest BCUT2D eigenvalue weighted by molar-refractivity contribution is -0.155. The van der Waals surface area contributed by atoms with Crippen molar-refractivity contribution in [2.45, 2.75) is 11.6 Å². The Morgan fingerprint density at radius 3 is 2.03 bits per heavy atom. The van der Waals surface area contributed by atoms with Crippen LogP contribution in [-0.4, -0.2) is 18.1 Å². The van der Waals surface area contributed by atoms with Crippen molar-refractivity contribution in [3.8, 4) is 0 Å². The number of hydrogen-bond acceptors (Lipinski definition) is 3. The molecule has 1 unspecified atom stereocenters. The van der Waals surface area contributed by atoms with Crippen molar-refractivity contribution >= 4 is 39.1 Å². The molecule has 0 bridgehead atoms. The largest absolute Gasteiger partial charge is 0.356 e. The molecule has 4 aromatic carbocycles. The molecule has 5 rings (SSSR count). The van der Waals surface area contributed by atoms with Crippen LogP contribution in [-0.2, 0) is 10.5 Å². The summed E-state index contributed by atoms with van der Waals surface area (Å²) >= 11 is 9.84. The third-order valence-electron chi connectivity index (χ3n) is 6.17. The number of rotatable bonds is 6. The van der Waals surface area contributed by atoms with Gasteiger partial charge in [0, 0.05) is 20.7 Å². The summed E-state index contributed by atoms with van der Waals surface area (Å²) in [5.74, 6) is -0.550. The highest BCUT2D eigenvalue weighted by molar-refractivity contribution is 9.10. The number of anilines is 1. The highest BCUT2D eigenvalue weighted by Crippen LogP contribution is 2.52. The van der Waals surface area contributed by atoms with Gasteiger partial charge >= 0.3 is 0 Å². The summed E-state index contributed by atoms with van der Waals surface area (Å²) in [6, 6.07) is 33.7. The predicted octanol–water partition coefficient (Wildman–Crippen LogP) is 7.22. The van der Waals surface area contributed by atoms with E-state index < -0.39 is 5.66 Å². The van der Waals surface area contributed by atoms with E-state index in [9.17, 15) is 4.79 Å². The monoisotopic (exact) mass is 532 g/mol. The van der Waals surface area contributed by atoms with Crippen LogP contribution in [0.1, 0.15) is 33.0 Å². The predicted molar refractivity (Wildman–Crippen MR) is 139 cm³/mol. The third kappa shape index (κ3) is 3.80. The lowest BCUT2D eigenvalue weighted by Gasteiger charge is -2.45. The average Bonchev–Trinajstić information content (AvgIpc) is 3.09. The van der Waals surface area contributed by atoms with Crippen LogP contribution in [0.3, 0.4) is 0 Å². The molecule has 0 saturated heterocycles. The Bertz CT molecular complexity index is 1280. The molecule has 1 heterocycles. The molecule has 34 heavy (non-hydrogen) atoms. The first-order valence-electron chi connectivity index (χ1n) is 10.9. The van der Waals surface area contributed by atoms with E-state index in [1.54, 1.807) is 6.07 Å². The molecule has 1 atom stereocenters. The van der Waals surface area contributed by atoms with Gasteiger partial charge in [-0.1, -0.05) is 94.3 Å². The Balaban J connectivity index is 1.84. The average molecular weight is 534 g/mol. The topological polar surface area (TPSA) is 41.6 Å². The smallest absolute Gasteiger partial charge is 0.280 e. The summed E-state index contributed by atoms with van der Waals surface area (Å²) in [4.78, 5) is 19.6. The summed E-state index contributed by atoms with van der Waals surface area (Å²) < 4.78 is 0.966.